The van der Waals surface area contributed by atoms with Crippen LogP contribution in [0.4, 0.5) is 4.79 Å². The highest BCUT2D eigenvalue weighted by molar-refractivity contribution is 5.89. The van der Waals surface area contributed by atoms with Gasteiger partial charge in [0.2, 0.25) is 0 Å². The van der Waals surface area contributed by atoms with Gasteiger partial charge in [0, 0.05) is 5.56 Å². The Bertz CT molecular complexity index is 1190. The van der Waals surface area contributed by atoms with Crippen LogP contribution in [0.2, 0.25) is 0 Å². The van der Waals surface area contributed by atoms with E-state index in [4.69, 9.17) is 9.47 Å². The lowest BCUT2D eigenvalue weighted by Gasteiger charge is -2.29. The SMILES string of the molecule is CC(C)OC(=O)C1C(C#Cc2ccccc2)OC(=O)N1C(C)c1cccc2ccccc12. The van der Waals surface area contributed by atoms with Crippen molar-refractivity contribution in [3.63, 3.8) is 0 Å². The van der Waals surface area contributed by atoms with Crippen LogP contribution in [0.5, 0.6) is 0 Å². The molecule has 3 atom stereocenters. The summed E-state index contributed by atoms with van der Waals surface area (Å²) in [4.78, 5) is 27.5. The fourth-order valence-corrected chi connectivity index (χ4v) is 3.98. The normalized spacial score (nSPS) is 18.8. The molecule has 0 saturated carbocycles. The van der Waals surface area contributed by atoms with Crippen molar-refractivity contribution in [1.82, 2.24) is 4.90 Å². The lowest BCUT2D eigenvalue weighted by molar-refractivity contribution is -0.153. The van der Waals surface area contributed by atoms with Crippen molar-refractivity contribution in [2.45, 2.75) is 45.1 Å². The zero-order valence-electron chi connectivity index (χ0n) is 18.3. The predicted molar refractivity (Wildman–Crippen MR) is 123 cm³/mol. The molecule has 1 saturated heterocycles. The molecule has 3 aromatic rings. The highest BCUT2D eigenvalue weighted by Gasteiger charge is 2.49. The second-order valence-electron chi connectivity index (χ2n) is 8.02. The lowest BCUT2D eigenvalue weighted by atomic mass is 9.97. The van der Waals surface area contributed by atoms with Gasteiger partial charge in [-0.05, 0) is 49.2 Å². The predicted octanol–water partition coefficient (Wildman–Crippen LogP) is 5.09. The minimum absolute atomic E-state index is 0.323. The first-order chi connectivity index (χ1) is 15.5. The van der Waals surface area contributed by atoms with Gasteiger partial charge in [-0.3, -0.25) is 4.90 Å². The number of hydrogen-bond donors (Lipinski definition) is 0. The monoisotopic (exact) mass is 427 g/mol. The number of ether oxygens (including phenoxy) is 2. The summed E-state index contributed by atoms with van der Waals surface area (Å²) in [5.74, 6) is 5.46. The molecular formula is C27H25NO4. The molecule has 0 bridgehead atoms. The number of amides is 1. The molecule has 32 heavy (non-hydrogen) atoms. The number of fused-ring (bicyclic) bond motifs is 1. The molecule has 5 nitrogen and oxygen atoms in total. The minimum atomic E-state index is -0.963. The number of benzene rings is 3. The van der Waals surface area contributed by atoms with Gasteiger partial charge in [0.05, 0.1) is 12.1 Å². The number of esters is 1. The number of cyclic esters (lactones) is 1. The van der Waals surface area contributed by atoms with Crippen LogP contribution in [0.3, 0.4) is 0 Å². The molecule has 0 spiro atoms. The molecular weight excluding hydrogens is 402 g/mol. The molecule has 3 unspecified atom stereocenters. The van der Waals surface area contributed by atoms with E-state index < -0.39 is 30.3 Å². The molecule has 1 heterocycles. The van der Waals surface area contributed by atoms with E-state index >= 15 is 0 Å². The van der Waals surface area contributed by atoms with Crippen LogP contribution >= 0.6 is 0 Å². The van der Waals surface area contributed by atoms with E-state index in [0.29, 0.717) is 0 Å². The van der Waals surface area contributed by atoms with E-state index in [0.717, 1.165) is 21.9 Å². The molecule has 1 fully saturated rings. The molecule has 3 aromatic carbocycles. The molecule has 1 aliphatic rings. The second-order valence-corrected chi connectivity index (χ2v) is 8.02. The Labute approximate surface area is 187 Å². The molecule has 1 aliphatic heterocycles. The summed E-state index contributed by atoms with van der Waals surface area (Å²) in [7, 11) is 0. The number of carbonyl (C=O) groups is 2. The summed E-state index contributed by atoms with van der Waals surface area (Å²) in [6, 6.07) is 21.9. The first-order valence-corrected chi connectivity index (χ1v) is 10.7. The first-order valence-electron chi connectivity index (χ1n) is 10.7. The number of rotatable bonds is 4. The Morgan fingerprint density at radius 2 is 1.66 bits per heavy atom. The van der Waals surface area contributed by atoms with Crippen molar-refractivity contribution in [3.05, 3.63) is 83.9 Å². The molecule has 0 radical (unpaired) electrons. The number of carbonyl (C=O) groups excluding carboxylic acids is 2. The van der Waals surface area contributed by atoms with Crippen molar-refractivity contribution >= 4 is 22.8 Å². The summed E-state index contributed by atoms with van der Waals surface area (Å²) in [6.45, 7) is 5.45. The van der Waals surface area contributed by atoms with E-state index in [2.05, 4.69) is 11.8 Å². The van der Waals surface area contributed by atoms with Gasteiger partial charge in [0.15, 0.2) is 12.1 Å². The van der Waals surface area contributed by atoms with Crippen LogP contribution < -0.4 is 0 Å². The smallest absolute Gasteiger partial charge is 0.412 e. The van der Waals surface area contributed by atoms with Gasteiger partial charge in [-0.15, -0.1) is 0 Å². The zero-order valence-corrected chi connectivity index (χ0v) is 18.3. The Morgan fingerprint density at radius 3 is 2.41 bits per heavy atom. The van der Waals surface area contributed by atoms with Gasteiger partial charge in [-0.25, -0.2) is 9.59 Å². The van der Waals surface area contributed by atoms with Gasteiger partial charge in [-0.2, -0.15) is 0 Å². The van der Waals surface area contributed by atoms with Gasteiger partial charge < -0.3 is 9.47 Å². The van der Waals surface area contributed by atoms with E-state index in [1.165, 1.54) is 4.90 Å². The standard InChI is InChI=1S/C27H25NO4/c1-18(2)31-26(29)25-24(17-16-20-10-5-4-6-11-20)32-27(30)28(25)19(3)22-15-9-13-21-12-7-8-14-23(21)22/h4-15,18-19,24-25H,1-3H3. The summed E-state index contributed by atoms with van der Waals surface area (Å²) in [6.07, 6.45) is -1.83. The van der Waals surface area contributed by atoms with Crippen LogP contribution in [0.25, 0.3) is 10.8 Å². The van der Waals surface area contributed by atoms with Crippen LogP contribution in [0.1, 0.15) is 37.9 Å². The first kappa shape index (κ1) is 21.5. The fourth-order valence-electron chi connectivity index (χ4n) is 3.98. The third-order valence-electron chi connectivity index (χ3n) is 5.44. The summed E-state index contributed by atoms with van der Waals surface area (Å²) < 4.78 is 11.1. The Hall–Kier alpha value is -3.78. The Kier molecular flexibility index (Phi) is 6.13. The highest BCUT2D eigenvalue weighted by Crippen LogP contribution is 2.34. The minimum Gasteiger partial charge on any atom is -0.461 e. The Morgan fingerprint density at radius 1 is 0.969 bits per heavy atom. The van der Waals surface area contributed by atoms with E-state index in [1.807, 2.05) is 79.7 Å². The van der Waals surface area contributed by atoms with Crippen LogP contribution in [0, 0.1) is 11.8 Å². The topological polar surface area (TPSA) is 55.8 Å². The average molecular weight is 428 g/mol. The van der Waals surface area contributed by atoms with Gasteiger partial charge in [-0.1, -0.05) is 72.5 Å². The van der Waals surface area contributed by atoms with E-state index in [9.17, 15) is 9.59 Å². The van der Waals surface area contributed by atoms with Gasteiger partial charge >= 0.3 is 12.1 Å². The Balaban J connectivity index is 1.72. The van der Waals surface area contributed by atoms with Crippen LogP contribution in [-0.2, 0) is 14.3 Å². The maximum absolute atomic E-state index is 13.1. The molecule has 162 valence electrons. The summed E-state index contributed by atoms with van der Waals surface area (Å²) in [5.41, 5.74) is 1.71. The number of hydrogen-bond acceptors (Lipinski definition) is 4. The van der Waals surface area contributed by atoms with E-state index in [1.54, 1.807) is 13.8 Å². The largest absolute Gasteiger partial charge is 0.461 e. The van der Waals surface area contributed by atoms with Crippen molar-refractivity contribution < 1.29 is 19.1 Å². The maximum atomic E-state index is 13.1. The quantitative estimate of drug-likeness (QED) is 0.430. The van der Waals surface area contributed by atoms with E-state index in [-0.39, 0.29) is 6.10 Å². The van der Waals surface area contributed by atoms with Crippen molar-refractivity contribution in [1.29, 1.82) is 0 Å². The maximum Gasteiger partial charge on any atom is 0.412 e. The molecule has 0 aliphatic carbocycles. The van der Waals surface area contributed by atoms with Crippen molar-refractivity contribution in [2.75, 3.05) is 0 Å². The molecule has 4 rings (SSSR count). The highest BCUT2D eigenvalue weighted by atomic mass is 16.6. The molecule has 5 heteroatoms. The zero-order chi connectivity index (χ0) is 22.7. The van der Waals surface area contributed by atoms with Crippen molar-refractivity contribution in [2.24, 2.45) is 0 Å². The summed E-state index contributed by atoms with van der Waals surface area (Å²) >= 11 is 0. The van der Waals surface area contributed by atoms with Crippen LogP contribution in [-0.4, -0.2) is 35.2 Å². The molecule has 1 amide bonds. The van der Waals surface area contributed by atoms with Crippen LogP contribution in [0.15, 0.2) is 72.8 Å². The molecule has 0 aromatic heterocycles. The van der Waals surface area contributed by atoms with Gasteiger partial charge in [0.25, 0.3) is 0 Å². The van der Waals surface area contributed by atoms with Crippen molar-refractivity contribution in [3.8, 4) is 11.8 Å². The van der Waals surface area contributed by atoms with Gasteiger partial charge in [0.1, 0.15) is 0 Å². The fraction of sp³-hybridized carbons (Fsp3) is 0.259. The summed E-state index contributed by atoms with van der Waals surface area (Å²) in [5, 5.41) is 2.08. The third kappa shape index (κ3) is 4.31. The lowest BCUT2D eigenvalue weighted by Crippen LogP contribution is -2.45. The molecule has 0 N–H and O–H groups in total. The number of nitrogens with zero attached hydrogens (tertiary/aromatic N) is 1. The average Bonchev–Trinajstić information content (AvgIpc) is 3.13. The third-order valence-corrected chi connectivity index (χ3v) is 5.44. The second kappa shape index (κ2) is 9.15.